The van der Waals surface area contributed by atoms with E-state index in [4.69, 9.17) is 9.47 Å². The molecule has 2 aromatic heterocycles. The van der Waals surface area contributed by atoms with Gasteiger partial charge in [-0.3, -0.25) is 0 Å². The molecule has 2 heterocycles. The molecule has 0 atom stereocenters. The Morgan fingerprint density at radius 3 is 2.23 bits per heavy atom. The van der Waals surface area contributed by atoms with E-state index in [2.05, 4.69) is 9.97 Å². The lowest BCUT2D eigenvalue weighted by Gasteiger charge is -2.19. The van der Waals surface area contributed by atoms with Gasteiger partial charge in [-0.25, -0.2) is 9.59 Å². The molecular formula is C29H36N2O4. The number of benzene rings is 1. The van der Waals surface area contributed by atoms with E-state index < -0.39 is 5.60 Å². The summed E-state index contributed by atoms with van der Waals surface area (Å²) in [5.74, 6) is -0.646. The van der Waals surface area contributed by atoms with Crippen LogP contribution in [0, 0.1) is 6.92 Å². The monoisotopic (exact) mass is 476 g/mol. The van der Waals surface area contributed by atoms with E-state index in [-0.39, 0.29) is 18.5 Å². The molecule has 6 nitrogen and oxygen atoms in total. The van der Waals surface area contributed by atoms with E-state index in [1.54, 1.807) is 0 Å². The minimum Gasteiger partial charge on any atom is -0.456 e. The van der Waals surface area contributed by atoms with Gasteiger partial charge in [0.2, 0.25) is 0 Å². The van der Waals surface area contributed by atoms with E-state index in [0.717, 1.165) is 65.7 Å². The highest BCUT2D eigenvalue weighted by molar-refractivity contribution is 5.91. The minimum atomic E-state index is -0.561. The largest absolute Gasteiger partial charge is 0.456 e. The van der Waals surface area contributed by atoms with Crippen LogP contribution in [0.15, 0.2) is 30.3 Å². The highest BCUT2D eigenvalue weighted by Gasteiger charge is 2.28. The van der Waals surface area contributed by atoms with Crippen LogP contribution in [0.5, 0.6) is 0 Å². The van der Waals surface area contributed by atoms with E-state index in [1.807, 2.05) is 65.0 Å². The normalized spacial score (nSPS) is 13.4. The fourth-order valence-electron chi connectivity index (χ4n) is 4.92. The number of rotatable bonds is 7. The third-order valence-corrected chi connectivity index (χ3v) is 6.62. The molecule has 1 aliphatic rings. The predicted octanol–water partition coefficient (Wildman–Crippen LogP) is 6.00. The highest BCUT2D eigenvalue weighted by Crippen LogP contribution is 2.31. The first-order chi connectivity index (χ1) is 16.7. The number of ether oxygens (including phenoxy) is 2. The lowest BCUT2D eigenvalue weighted by molar-refractivity contribution is 0.00619. The molecule has 1 aliphatic carbocycles. The second-order valence-electron chi connectivity index (χ2n) is 10.3. The molecule has 6 heteroatoms. The van der Waals surface area contributed by atoms with Crippen molar-refractivity contribution in [3.8, 4) is 0 Å². The Kier molecular flexibility index (Phi) is 7.20. The van der Waals surface area contributed by atoms with Gasteiger partial charge in [0.15, 0.2) is 0 Å². The molecule has 186 valence electrons. The zero-order valence-corrected chi connectivity index (χ0v) is 21.5. The SMILES string of the molecule is CCc1c(C(=O)OC(C)(C)C)[nH]c(Cc2[nH]c(C(=O)OCc3ccccc3)c3c2CCCC3)c1C. The molecule has 3 aromatic rings. The molecule has 0 unspecified atom stereocenters. The van der Waals surface area contributed by atoms with Crippen LogP contribution in [-0.4, -0.2) is 27.5 Å². The maximum absolute atomic E-state index is 13.0. The summed E-state index contributed by atoms with van der Waals surface area (Å²) < 4.78 is 11.3. The van der Waals surface area contributed by atoms with Crippen molar-refractivity contribution in [3.05, 3.63) is 80.9 Å². The molecule has 0 fully saturated rings. The van der Waals surface area contributed by atoms with Crippen molar-refractivity contribution >= 4 is 11.9 Å². The lowest BCUT2D eigenvalue weighted by atomic mass is 9.91. The van der Waals surface area contributed by atoms with E-state index in [0.29, 0.717) is 17.8 Å². The van der Waals surface area contributed by atoms with Gasteiger partial charge in [0.1, 0.15) is 23.6 Å². The van der Waals surface area contributed by atoms with E-state index >= 15 is 0 Å². The van der Waals surface area contributed by atoms with Crippen LogP contribution >= 0.6 is 0 Å². The van der Waals surface area contributed by atoms with Crippen LogP contribution in [-0.2, 0) is 41.8 Å². The maximum Gasteiger partial charge on any atom is 0.355 e. The molecule has 1 aromatic carbocycles. The van der Waals surface area contributed by atoms with Crippen LogP contribution in [0.3, 0.4) is 0 Å². The number of fused-ring (bicyclic) bond motifs is 1. The number of carbonyl (C=O) groups excluding carboxylic acids is 2. The number of H-pyrrole nitrogens is 2. The van der Waals surface area contributed by atoms with Crippen molar-refractivity contribution in [2.24, 2.45) is 0 Å². The molecular weight excluding hydrogens is 440 g/mol. The molecule has 35 heavy (non-hydrogen) atoms. The van der Waals surface area contributed by atoms with Crippen molar-refractivity contribution in [3.63, 3.8) is 0 Å². The summed E-state index contributed by atoms with van der Waals surface area (Å²) in [5, 5.41) is 0. The first-order valence-corrected chi connectivity index (χ1v) is 12.5. The summed E-state index contributed by atoms with van der Waals surface area (Å²) >= 11 is 0. The minimum absolute atomic E-state index is 0.248. The first kappa shape index (κ1) is 24.8. The summed E-state index contributed by atoms with van der Waals surface area (Å²) in [4.78, 5) is 32.6. The van der Waals surface area contributed by atoms with E-state index in [1.165, 1.54) is 5.56 Å². The van der Waals surface area contributed by atoms with Crippen LogP contribution in [0.2, 0.25) is 0 Å². The van der Waals surface area contributed by atoms with Gasteiger partial charge >= 0.3 is 11.9 Å². The van der Waals surface area contributed by atoms with Crippen LogP contribution in [0.4, 0.5) is 0 Å². The number of hydrogen-bond acceptors (Lipinski definition) is 4. The molecule has 4 rings (SSSR count). The Morgan fingerprint density at radius 2 is 1.57 bits per heavy atom. The number of aromatic amines is 2. The van der Waals surface area contributed by atoms with Gasteiger partial charge in [0.05, 0.1) is 0 Å². The molecule has 0 radical (unpaired) electrons. The number of aromatic nitrogens is 2. The second-order valence-corrected chi connectivity index (χ2v) is 10.3. The Balaban J connectivity index is 1.61. The molecule has 0 spiro atoms. The average Bonchev–Trinajstić information content (AvgIpc) is 3.35. The average molecular weight is 477 g/mol. The smallest absolute Gasteiger partial charge is 0.355 e. The summed E-state index contributed by atoms with van der Waals surface area (Å²) in [6.07, 6.45) is 5.30. The van der Waals surface area contributed by atoms with Crippen molar-refractivity contribution < 1.29 is 19.1 Å². The van der Waals surface area contributed by atoms with Crippen molar-refractivity contribution in [2.75, 3.05) is 0 Å². The highest BCUT2D eigenvalue weighted by atomic mass is 16.6. The zero-order chi connectivity index (χ0) is 25.2. The van der Waals surface area contributed by atoms with Crippen LogP contribution in [0.25, 0.3) is 0 Å². The van der Waals surface area contributed by atoms with Gasteiger partial charge in [0, 0.05) is 17.8 Å². The Bertz CT molecular complexity index is 1210. The van der Waals surface area contributed by atoms with E-state index in [9.17, 15) is 9.59 Å². The molecule has 2 N–H and O–H groups in total. The Labute approximate surface area is 207 Å². The summed E-state index contributed by atoms with van der Waals surface area (Å²) in [5.41, 5.74) is 7.84. The Morgan fingerprint density at radius 1 is 0.914 bits per heavy atom. The van der Waals surface area contributed by atoms with Crippen molar-refractivity contribution in [1.82, 2.24) is 9.97 Å². The third kappa shape index (κ3) is 5.53. The fourth-order valence-corrected chi connectivity index (χ4v) is 4.92. The lowest BCUT2D eigenvalue weighted by Crippen LogP contribution is -2.24. The molecule has 0 saturated heterocycles. The number of nitrogens with one attached hydrogen (secondary N) is 2. The summed E-state index contributed by atoms with van der Waals surface area (Å²) in [7, 11) is 0. The number of carbonyl (C=O) groups is 2. The van der Waals surface area contributed by atoms with Gasteiger partial charge < -0.3 is 19.4 Å². The van der Waals surface area contributed by atoms with Crippen molar-refractivity contribution in [1.29, 1.82) is 0 Å². The van der Waals surface area contributed by atoms with Gasteiger partial charge in [-0.05, 0) is 87.6 Å². The van der Waals surface area contributed by atoms with Gasteiger partial charge in [-0.2, -0.15) is 0 Å². The Hall–Kier alpha value is -3.28. The van der Waals surface area contributed by atoms with Crippen molar-refractivity contribution in [2.45, 2.75) is 85.4 Å². The molecule has 0 amide bonds. The predicted molar refractivity (Wildman–Crippen MR) is 136 cm³/mol. The first-order valence-electron chi connectivity index (χ1n) is 12.5. The van der Waals surface area contributed by atoms with Gasteiger partial charge in [-0.15, -0.1) is 0 Å². The fraction of sp³-hybridized carbons (Fsp3) is 0.448. The number of hydrogen-bond donors (Lipinski definition) is 2. The molecule has 0 aliphatic heterocycles. The summed E-state index contributed by atoms with van der Waals surface area (Å²) in [6.45, 7) is 9.95. The topological polar surface area (TPSA) is 84.2 Å². The standard InChI is InChI=1S/C29H36N2O4/c1-6-20-18(2)23(30-25(20)28(33)35-29(3,4)5)16-24-21-14-10-11-15-22(21)26(31-24)27(32)34-17-19-12-8-7-9-13-19/h7-9,12-13,30-31H,6,10-11,14-17H2,1-5H3. The van der Waals surface area contributed by atoms with Gasteiger partial charge in [0.25, 0.3) is 0 Å². The number of esters is 2. The van der Waals surface area contributed by atoms with Gasteiger partial charge in [-0.1, -0.05) is 37.3 Å². The molecule has 0 saturated carbocycles. The second kappa shape index (κ2) is 10.1. The van der Waals surface area contributed by atoms with Crippen LogP contribution < -0.4 is 0 Å². The molecule has 0 bridgehead atoms. The quantitative estimate of drug-likeness (QED) is 0.410. The van der Waals surface area contributed by atoms with Crippen LogP contribution in [0.1, 0.15) is 101 Å². The third-order valence-electron chi connectivity index (χ3n) is 6.62. The zero-order valence-electron chi connectivity index (χ0n) is 21.5. The maximum atomic E-state index is 13.0. The summed E-state index contributed by atoms with van der Waals surface area (Å²) in [6, 6.07) is 9.72.